The number of anilines is 1. The number of aliphatic carboxylic acids is 1. The van der Waals surface area contributed by atoms with Crippen LogP contribution in [0.3, 0.4) is 0 Å². The molecule has 0 radical (unpaired) electrons. The summed E-state index contributed by atoms with van der Waals surface area (Å²) in [6.45, 7) is 2.49. The average molecular weight is 581 g/mol. The number of fused-ring (bicyclic) bond motifs is 1. The maximum Gasteiger partial charge on any atom is 0.323 e. The number of hydrogen-bond donors (Lipinski definition) is 6. The van der Waals surface area contributed by atoms with E-state index in [2.05, 4.69) is 30.5 Å². The molecule has 0 aliphatic carbocycles. The first-order valence-electron chi connectivity index (χ1n) is 13.4. The number of imidazole rings is 1. The van der Waals surface area contributed by atoms with Gasteiger partial charge in [0.15, 0.2) is 5.17 Å². The number of benzene rings is 2. The van der Waals surface area contributed by atoms with E-state index in [9.17, 15) is 19.5 Å². The van der Waals surface area contributed by atoms with Crippen LogP contribution in [0.5, 0.6) is 5.75 Å². The van der Waals surface area contributed by atoms with Gasteiger partial charge in [-0.25, -0.2) is 4.79 Å². The van der Waals surface area contributed by atoms with Crippen molar-refractivity contribution < 1.29 is 24.5 Å². The number of nitrogens with one attached hydrogen (secondary N) is 4. The van der Waals surface area contributed by atoms with Crippen molar-refractivity contribution in [1.82, 2.24) is 20.6 Å². The van der Waals surface area contributed by atoms with Crippen LogP contribution in [0.15, 0.2) is 57.2 Å². The average Bonchev–Trinajstić information content (AvgIpc) is 3.52. The van der Waals surface area contributed by atoms with Gasteiger partial charge >= 0.3 is 11.7 Å². The van der Waals surface area contributed by atoms with Crippen LogP contribution in [0, 0.1) is 0 Å². The minimum atomic E-state index is -0.910. The van der Waals surface area contributed by atoms with Gasteiger partial charge in [-0.05, 0) is 60.5 Å². The van der Waals surface area contributed by atoms with Gasteiger partial charge in [-0.15, -0.1) is 0 Å². The molecule has 216 valence electrons. The summed E-state index contributed by atoms with van der Waals surface area (Å²) in [7, 11) is 0. The molecule has 5 rings (SSSR count). The number of piperidine rings is 1. The van der Waals surface area contributed by atoms with Crippen LogP contribution in [0.2, 0.25) is 0 Å². The zero-order valence-electron chi connectivity index (χ0n) is 22.3. The van der Waals surface area contributed by atoms with Crippen LogP contribution in [-0.2, 0) is 9.59 Å². The number of thioether (sulfide) groups is 1. The summed E-state index contributed by atoms with van der Waals surface area (Å²) in [4.78, 5) is 46.5. The number of carbonyl (C=O) groups excluding carboxylic acids is 1. The number of carboxylic acids is 1. The van der Waals surface area contributed by atoms with E-state index in [-0.39, 0.29) is 37.2 Å². The second kappa shape index (κ2) is 13.1. The molecular formula is C28H32N6O6S. The first kappa shape index (κ1) is 28.5. The molecule has 3 aromatic rings. The number of amidine groups is 1. The smallest absolute Gasteiger partial charge is 0.323 e. The van der Waals surface area contributed by atoms with Gasteiger partial charge in [-0.3, -0.25) is 9.59 Å². The molecule has 12 nitrogen and oxygen atoms in total. The SMILES string of the molecule is O=C(O)CCNC1=NC(=O)/C(=C/c2ccc(N3CCC(NC[C@H](O)COc4cccc5[nH]c(=O)[nH]c45)CC3)cc2)S1. The summed E-state index contributed by atoms with van der Waals surface area (Å²) in [5, 5.41) is 25.9. The van der Waals surface area contributed by atoms with Crippen LogP contribution in [0.1, 0.15) is 24.8 Å². The molecule has 2 aromatic carbocycles. The minimum absolute atomic E-state index is 0.0459. The lowest BCUT2D eigenvalue weighted by Gasteiger charge is -2.34. The summed E-state index contributed by atoms with van der Waals surface area (Å²) < 4.78 is 5.75. The number of rotatable bonds is 11. The van der Waals surface area contributed by atoms with Gasteiger partial charge in [0.25, 0.3) is 5.91 Å². The largest absolute Gasteiger partial charge is 0.489 e. The number of hydrogen-bond acceptors (Lipinski definition) is 9. The van der Waals surface area contributed by atoms with Gasteiger partial charge in [0.05, 0.1) is 16.8 Å². The number of H-pyrrole nitrogens is 2. The third kappa shape index (κ3) is 7.57. The Kier molecular flexibility index (Phi) is 9.07. The van der Waals surface area contributed by atoms with E-state index in [1.165, 1.54) is 11.8 Å². The Morgan fingerprint density at radius 2 is 1.95 bits per heavy atom. The van der Waals surface area contributed by atoms with E-state index >= 15 is 0 Å². The third-order valence-electron chi connectivity index (χ3n) is 6.87. The molecule has 1 fully saturated rings. The highest BCUT2D eigenvalue weighted by atomic mass is 32.2. The van der Waals surface area contributed by atoms with Gasteiger partial charge in [-0.1, -0.05) is 18.2 Å². The third-order valence-corrected chi connectivity index (χ3v) is 7.81. The predicted molar refractivity (Wildman–Crippen MR) is 158 cm³/mol. The maximum atomic E-state index is 12.2. The predicted octanol–water partition coefficient (Wildman–Crippen LogP) is 1.89. The Hall–Kier alpha value is -4.07. The maximum absolute atomic E-state index is 12.2. The highest BCUT2D eigenvalue weighted by molar-refractivity contribution is 8.18. The Balaban J connectivity index is 1.04. The van der Waals surface area contributed by atoms with E-state index < -0.39 is 12.1 Å². The molecule has 0 unspecified atom stereocenters. The molecule has 0 saturated carbocycles. The molecule has 1 aromatic heterocycles. The quantitative estimate of drug-likeness (QED) is 0.184. The fraction of sp³-hybridized carbons (Fsp3) is 0.357. The molecule has 1 atom stereocenters. The summed E-state index contributed by atoms with van der Waals surface area (Å²) >= 11 is 1.21. The number of nitrogens with zero attached hydrogens (tertiary/aromatic N) is 2. The van der Waals surface area contributed by atoms with Crippen LogP contribution in [0.4, 0.5) is 5.69 Å². The van der Waals surface area contributed by atoms with E-state index in [1.807, 2.05) is 24.3 Å². The molecule has 1 amide bonds. The number of carboxylic acid groups (broad SMARTS) is 1. The number of aliphatic hydroxyl groups is 1. The van der Waals surface area contributed by atoms with Crippen molar-refractivity contribution >= 4 is 51.6 Å². The van der Waals surface area contributed by atoms with Crippen LogP contribution in [0.25, 0.3) is 17.1 Å². The van der Waals surface area contributed by atoms with Gasteiger partial charge < -0.3 is 40.5 Å². The summed E-state index contributed by atoms with van der Waals surface area (Å²) in [5.41, 5.74) is 2.94. The van der Waals surface area contributed by atoms with Gasteiger partial charge in [-0.2, -0.15) is 4.99 Å². The molecular weight excluding hydrogens is 548 g/mol. The molecule has 13 heteroatoms. The molecule has 2 aliphatic rings. The van der Waals surface area contributed by atoms with E-state index in [1.54, 1.807) is 24.3 Å². The molecule has 2 aliphatic heterocycles. The fourth-order valence-electron chi connectivity index (χ4n) is 4.73. The Morgan fingerprint density at radius 1 is 1.17 bits per heavy atom. The number of aliphatic imine (C=N–C) groups is 1. The normalized spacial score (nSPS) is 17.7. The fourth-order valence-corrected chi connectivity index (χ4v) is 5.57. The van der Waals surface area contributed by atoms with Crippen LogP contribution in [-0.4, -0.2) is 82.2 Å². The van der Waals surface area contributed by atoms with Crippen LogP contribution < -0.4 is 26.0 Å². The zero-order chi connectivity index (χ0) is 28.8. The minimum Gasteiger partial charge on any atom is -0.489 e. The molecule has 3 heterocycles. The number of amides is 1. The molecule has 0 spiro atoms. The van der Waals surface area contributed by atoms with Crippen molar-refractivity contribution in [3.8, 4) is 5.75 Å². The number of ether oxygens (including phenoxy) is 1. The summed E-state index contributed by atoms with van der Waals surface area (Å²) in [5.74, 6) is -0.725. The van der Waals surface area contributed by atoms with E-state index in [0.29, 0.717) is 33.4 Å². The lowest BCUT2D eigenvalue weighted by atomic mass is 10.0. The van der Waals surface area contributed by atoms with Gasteiger partial charge in [0.2, 0.25) is 0 Å². The van der Waals surface area contributed by atoms with Crippen LogP contribution >= 0.6 is 11.8 Å². The van der Waals surface area contributed by atoms with Crippen molar-refractivity contribution in [2.45, 2.75) is 31.4 Å². The van der Waals surface area contributed by atoms with Crippen molar-refractivity contribution in [1.29, 1.82) is 0 Å². The number of aromatic amines is 2. The molecule has 0 bridgehead atoms. The van der Waals surface area contributed by atoms with Crippen molar-refractivity contribution in [3.05, 3.63) is 63.4 Å². The van der Waals surface area contributed by atoms with E-state index in [4.69, 9.17) is 9.84 Å². The monoisotopic (exact) mass is 580 g/mol. The molecule has 6 N–H and O–H groups in total. The first-order chi connectivity index (χ1) is 19.8. The Morgan fingerprint density at radius 3 is 2.71 bits per heavy atom. The van der Waals surface area contributed by atoms with Gasteiger partial charge in [0.1, 0.15) is 24.0 Å². The number of para-hydroxylation sites is 1. The number of aliphatic hydroxyl groups excluding tert-OH is 1. The first-order valence-corrected chi connectivity index (χ1v) is 14.2. The Labute approximate surface area is 239 Å². The standard InChI is InChI=1S/C28H32N6O6S/c35-20(16-40-22-3-1-2-21-25(22)32-27(39)31-21)15-30-18-9-12-34(13-10-18)19-6-4-17(5-7-19)14-23-26(38)33-28(41-23)29-11-8-24(36)37/h1-7,14,18,20,30,35H,8-13,15-16H2,(H,36,37)(H,29,33,38)(H2,31,32,39)/b23-14-/t20-/m0/s1. The lowest BCUT2D eigenvalue weighted by molar-refractivity contribution is -0.136. The lowest BCUT2D eigenvalue weighted by Crippen LogP contribution is -2.45. The highest BCUT2D eigenvalue weighted by Crippen LogP contribution is 2.28. The number of aromatic nitrogens is 2. The van der Waals surface area contributed by atoms with Gasteiger partial charge in [0, 0.05) is 37.9 Å². The summed E-state index contributed by atoms with van der Waals surface area (Å²) in [6.07, 6.45) is 2.92. The zero-order valence-corrected chi connectivity index (χ0v) is 23.1. The highest BCUT2D eigenvalue weighted by Gasteiger charge is 2.23. The second-order valence-electron chi connectivity index (χ2n) is 9.89. The molecule has 1 saturated heterocycles. The second-order valence-corrected chi connectivity index (χ2v) is 10.9. The molecule has 41 heavy (non-hydrogen) atoms. The Bertz CT molecular complexity index is 1510. The number of carbonyl (C=O) groups is 2. The van der Waals surface area contributed by atoms with E-state index in [0.717, 1.165) is 37.2 Å². The van der Waals surface area contributed by atoms with Crippen molar-refractivity contribution in [3.63, 3.8) is 0 Å². The van der Waals surface area contributed by atoms with Crippen molar-refractivity contribution in [2.24, 2.45) is 4.99 Å². The topological polar surface area (TPSA) is 172 Å². The summed E-state index contributed by atoms with van der Waals surface area (Å²) in [6, 6.07) is 13.6. The van der Waals surface area contributed by atoms with Crippen molar-refractivity contribution in [2.75, 3.05) is 37.7 Å².